The van der Waals surface area contributed by atoms with Gasteiger partial charge in [0, 0.05) is 79.3 Å². The van der Waals surface area contributed by atoms with Gasteiger partial charge in [-0.25, -0.2) is 0 Å². The number of hydrogen-bond donors (Lipinski definition) is 0. The van der Waals surface area contributed by atoms with Crippen LogP contribution in [0.4, 0.5) is 11.4 Å². The number of aryl methyl sites for hydroxylation is 1. The summed E-state index contributed by atoms with van der Waals surface area (Å²) >= 11 is 0. The van der Waals surface area contributed by atoms with Crippen LogP contribution in [-0.2, 0) is 23.3 Å². The first kappa shape index (κ1) is 39.5. The number of anilines is 2. The van der Waals surface area contributed by atoms with Gasteiger partial charge in [0.1, 0.15) is 22.3 Å². The first-order chi connectivity index (χ1) is 33.2. The Bertz CT molecular complexity index is 4250. The molecule has 0 bridgehead atoms. The third-order valence-corrected chi connectivity index (χ3v) is 16.9. The Morgan fingerprint density at radius 2 is 1.26 bits per heavy atom. The first-order valence-corrected chi connectivity index (χ1v) is 24.8. The fraction of sp³-hybridized carbons (Fsp3) is 0.206. The average molecular weight is 894 g/mol. The summed E-state index contributed by atoms with van der Waals surface area (Å²) in [6.07, 6.45) is 2.29. The third kappa shape index (κ3) is 5.11. The fourth-order valence-electron chi connectivity index (χ4n) is 13.2. The van der Waals surface area contributed by atoms with E-state index in [1.807, 2.05) is 0 Å². The summed E-state index contributed by atoms with van der Waals surface area (Å²) in [6.45, 7) is 16.5. The van der Waals surface area contributed by atoms with Gasteiger partial charge >= 0.3 is 6.85 Å². The molecule has 0 saturated carbocycles. The number of para-hydroxylation sites is 2. The van der Waals surface area contributed by atoms with Crippen LogP contribution in [0.1, 0.15) is 78.0 Å². The van der Waals surface area contributed by atoms with Gasteiger partial charge in [0.15, 0.2) is 0 Å². The minimum absolute atomic E-state index is 0.000481. The van der Waals surface area contributed by atoms with E-state index in [2.05, 4.69) is 215 Å². The number of rotatable bonds is 2. The standard InChI is InChI=1S/C63H52BN3O2/c1-61(2,3)37-22-24-38(25-23-37)67-50-34-54-41(39-18-12-14-20-52(39)68-54)30-42(50)57-58-59-55(56-40-19-13-15-21-53(40)69-60(56)57)43-31-44-45(63(6,7)27-26-62(44,4)5)32-49(43)66(59)51-33-48-36(28-46(51)64(58)67)29-47(65(48)8)35-16-10-9-11-17-35/h9-25,28-34H,26-27H2,1-8H3. The fourth-order valence-corrected chi connectivity index (χ4v) is 13.2. The van der Waals surface area contributed by atoms with Crippen molar-refractivity contribution in [1.29, 1.82) is 0 Å². The molecule has 0 spiro atoms. The zero-order chi connectivity index (χ0) is 46.6. The highest BCUT2D eigenvalue weighted by Crippen LogP contribution is 2.55. The summed E-state index contributed by atoms with van der Waals surface area (Å²) in [4.78, 5) is 2.63. The Labute approximate surface area is 401 Å². The summed E-state index contributed by atoms with van der Waals surface area (Å²) in [5, 5.41) is 8.35. The molecule has 0 amide bonds. The molecule has 334 valence electrons. The molecule has 69 heavy (non-hydrogen) atoms. The van der Waals surface area contributed by atoms with Crippen molar-refractivity contribution in [2.75, 3.05) is 4.81 Å². The lowest BCUT2D eigenvalue weighted by Gasteiger charge is -2.42. The Balaban J connectivity index is 1.19. The van der Waals surface area contributed by atoms with Crippen molar-refractivity contribution in [3.05, 3.63) is 162 Å². The summed E-state index contributed by atoms with van der Waals surface area (Å²) < 4.78 is 19.2. The van der Waals surface area contributed by atoms with Crippen LogP contribution in [0.3, 0.4) is 0 Å². The van der Waals surface area contributed by atoms with Gasteiger partial charge in [0.25, 0.3) is 0 Å². The van der Waals surface area contributed by atoms with E-state index in [9.17, 15) is 0 Å². The van der Waals surface area contributed by atoms with Crippen LogP contribution in [0.5, 0.6) is 0 Å². The number of aromatic nitrogens is 2. The normalized spacial score (nSPS) is 15.9. The van der Waals surface area contributed by atoms with E-state index in [0.717, 1.165) is 68.3 Å². The van der Waals surface area contributed by atoms with Gasteiger partial charge in [-0.3, -0.25) is 0 Å². The molecule has 0 atom stereocenters. The maximum Gasteiger partial charge on any atom is 0.333 e. The second-order valence-electron chi connectivity index (χ2n) is 22.8. The van der Waals surface area contributed by atoms with Gasteiger partial charge in [-0.2, -0.15) is 0 Å². The molecular weight excluding hydrogens is 842 g/mol. The number of furan rings is 2. The highest BCUT2D eigenvalue weighted by Gasteiger charge is 2.47. The maximum atomic E-state index is 7.38. The van der Waals surface area contributed by atoms with Crippen LogP contribution in [0.15, 0.2) is 154 Å². The number of nitrogens with zero attached hydrogens (tertiary/aromatic N) is 3. The van der Waals surface area contributed by atoms with Crippen molar-refractivity contribution in [3.63, 3.8) is 0 Å². The molecule has 1 aliphatic carbocycles. The van der Waals surface area contributed by atoms with Gasteiger partial charge in [-0.05, 0) is 122 Å². The van der Waals surface area contributed by atoms with Gasteiger partial charge in [-0.15, -0.1) is 0 Å². The minimum Gasteiger partial charge on any atom is -0.456 e. The molecule has 3 aliphatic rings. The Morgan fingerprint density at radius 3 is 2.00 bits per heavy atom. The molecular formula is C63H52BN3O2. The van der Waals surface area contributed by atoms with Crippen LogP contribution in [0.25, 0.3) is 105 Å². The van der Waals surface area contributed by atoms with Crippen LogP contribution in [-0.4, -0.2) is 16.0 Å². The van der Waals surface area contributed by atoms with E-state index in [0.29, 0.717) is 0 Å². The van der Waals surface area contributed by atoms with Crippen LogP contribution < -0.4 is 15.7 Å². The van der Waals surface area contributed by atoms with E-state index in [1.54, 1.807) is 0 Å². The van der Waals surface area contributed by atoms with E-state index in [4.69, 9.17) is 8.83 Å². The summed E-state index contributed by atoms with van der Waals surface area (Å²) in [5.74, 6) is 0. The number of benzene rings is 8. The van der Waals surface area contributed by atoms with Crippen molar-refractivity contribution in [3.8, 4) is 28.1 Å². The smallest absolute Gasteiger partial charge is 0.333 e. The summed E-state index contributed by atoms with van der Waals surface area (Å²) in [7, 11) is 2.23. The zero-order valence-corrected chi connectivity index (χ0v) is 40.5. The monoisotopic (exact) mass is 893 g/mol. The summed E-state index contributed by atoms with van der Waals surface area (Å²) in [5.41, 5.74) is 22.4. The molecule has 8 aromatic carbocycles. The molecule has 6 heterocycles. The molecule has 0 saturated heterocycles. The molecule has 15 rings (SSSR count). The van der Waals surface area contributed by atoms with Crippen molar-refractivity contribution < 1.29 is 8.83 Å². The van der Waals surface area contributed by atoms with Crippen molar-refractivity contribution in [1.82, 2.24) is 9.13 Å². The molecule has 12 aromatic rings. The highest BCUT2D eigenvalue weighted by atomic mass is 16.3. The molecule has 0 radical (unpaired) electrons. The van der Waals surface area contributed by atoms with Gasteiger partial charge in [-0.1, -0.05) is 133 Å². The quantitative estimate of drug-likeness (QED) is 0.162. The zero-order valence-electron chi connectivity index (χ0n) is 40.5. The maximum absolute atomic E-state index is 7.38. The summed E-state index contributed by atoms with van der Waals surface area (Å²) in [6, 6.07) is 54.8. The lowest BCUT2D eigenvalue weighted by Crippen LogP contribution is -2.60. The molecule has 0 fully saturated rings. The molecule has 0 N–H and O–H groups in total. The van der Waals surface area contributed by atoms with Crippen LogP contribution in [0.2, 0.25) is 0 Å². The second kappa shape index (κ2) is 13.0. The number of hydrogen-bond acceptors (Lipinski definition) is 3. The van der Waals surface area contributed by atoms with E-state index in [1.165, 1.54) is 88.2 Å². The third-order valence-electron chi connectivity index (χ3n) is 16.9. The molecule has 2 aliphatic heterocycles. The average Bonchev–Trinajstić information content (AvgIpc) is 4.09. The predicted octanol–water partition coefficient (Wildman–Crippen LogP) is 15.6. The Morgan fingerprint density at radius 1 is 0.580 bits per heavy atom. The van der Waals surface area contributed by atoms with E-state index < -0.39 is 0 Å². The van der Waals surface area contributed by atoms with Gasteiger partial charge in [0.2, 0.25) is 0 Å². The molecule has 6 heteroatoms. The van der Waals surface area contributed by atoms with Crippen molar-refractivity contribution in [2.24, 2.45) is 7.05 Å². The van der Waals surface area contributed by atoms with Crippen LogP contribution >= 0.6 is 0 Å². The highest BCUT2D eigenvalue weighted by molar-refractivity contribution is 6.94. The van der Waals surface area contributed by atoms with Gasteiger partial charge < -0.3 is 22.8 Å². The molecule has 5 nitrogen and oxygen atoms in total. The van der Waals surface area contributed by atoms with E-state index in [-0.39, 0.29) is 23.1 Å². The SMILES string of the molecule is Cn1c(-c2ccccc2)cc2cc3c(cc21)-n1c2cc4c(cc2c2c5c(oc6ccccc65)c5c(c21)B3N(c1ccc(C(C)(C)C)cc1)c1cc2oc3ccccc3c2cc1-5)C(C)(C)CCC4(C)C. The van der Waals surface area contributed by atoms with Crippen molar-refractivity contribution >= 4 is 106 Å². The Hall–Kier alpha value is -7.44. The number of fused-ring (bicyclic) bond motifs is 18. The molecule has 4 aromatic heterocycles. The van der Waals surface area contributed by atoms with Crippen LogP contribution in [0, 0.1) is 0 Å². The second-order valence-corrected chi connectivity index (χ2v) is 22.8. The van der Waals surface area contributed by atoms with Crippen molar-refractivity contribution in [2.45, 2.75) is 77.6 Å². The minimum atomic E-state index is -0.214. The van der Waals surface area contributed by atoms with Gasteiger partial charge in [0.05, 0.1) is 16.6 Å². The lowest BCUT2D eigenvalue weighted by molar-refractivity contribution is 0.332. The topological polar surface area (TPSA) is 39.4 Å². The van der Waals surface area contributed by atoms with E-state index >= 15 is 0 Å². The molecule has 0 unspecified atom stereocenters. The first-order valence-electron chi connectivity index (χ1n) is 24.8. The predicted molar refractivity (Wildman–Crippen MR) is 290 cm³/mol. The largest absolute Gasteiger partial charge is 0.456 e. The lowest BCUT2D eigenvalue weighted by atomic mass is 9.43. The Kier molecular flexibility index (Phi) is 7.45.